The lowest BCUT2D eigenvalue weighted by Crippen LogP contribution is -2.45. The topological polar surface area (TPSA) is 49.3 Å². The van der Waals surface area contributed by atoms with Gasteiger partial charge in [-0.25, -0.2) is 0 Å². The quantitative estimate of drug-likeness (QED) is 0.866. The second kappa shape index (κ2) is 5.72. The van der Waals surface area contributed by atoms with Gasteiger partial charge >= 0.3 is 0 Å². The van der Waals surface area contributed by atoms with E-state index in [9.17, 15) is 9.90 Å². The number of benzene rings is 1. The molecule has 0 aromatic heterocycles. The maximum Gasteiger partial charge on any atom is 0.251 e. The fourth-order valence-electron chi connectivity index (χ4n) is 2.32. The maximum atomic E-state index is 12.1. The third kappa shape index (κ3) is 3.03. The molecule has 1 fully saturated rings. The second-order valence-electron chi connectivity index (χ2n) is 4.90. The van der Waals surface area contributed by atoms with Gasteiger partial charge in [0.2, 0.25) is 0 Å². The van der Waals surface area contributed by atoms with Crippen LogP contribution in [-0.2, 0) is 0 Å². The Balaban J connectivity index is 2.04. The Morgan fingerprint density at radius 2 is 2.11 bits per heavy atom. The molecule has 0 unspecified atom stereocenters. The summed E-state index contributed by atoms with van der Waals surface area (Å²) in [5.74, 6) is -0.138. The van der Waals surface area contributed by atoms with Crippen LogP contribution in [0.5, 0.6) is 0 Å². The van der Waals surface area contributed by atoms with E-state index in [1.165, 1.54) is 0 Å². The van der Waals surface area contributed by atoms with Crippen LogP contribution in [-0.4, -0.2) is 23.2 Å². The van der Waals surface area contributed by atoms with Crippen LogP contribution < -0.4 is 5.32 Å². The van der Waals surface area contributed by atoms with E-state index in [4.69, 9.17) is 11.6 Å². The minimum absolute atomic E-state index is 0.123. The predicted molar refractivity (Wildman–Crippen MR) is 71.9 cm³/mol. The monoisotopic (exact) mass is 267 g/mol. The number of nitrogens with one attached hydrogen (secondary N) is 1. The molecule has 0 saturated heterocycles. The number of halogens is 1. The van der Waals surface area contributed by atoms with Crippen LogP contribution in [0.15, 0.2) is 18.2 Å². The molecule has 1 amide bonds. The maximum absolute atomic E-state index is 12.1. The lowest BCUT2D eigenvalue weighted by Gasteiger charge is -2.28. The zero-order valence-electron chi connectivity index (χ0n) is 10.4. The van der Waals surface area contributed by atoms with Crippen molar-refractivity contribution in [1.82, 2.24) is 5.32 Å². The Bertz CT molecular complexity index is 447. The molecule has 0 heterocycles. The van der Waals surface area contributed by atoms with Crippen LogP contribution in [0.3, 0.4) is 0 Å². The molecule has 2 rings (SSSR count). The van der Waals surface area contributed by atoms with Gasteiger partial charge in [0.05, 0.1) is 12.1 Å². The largest absolute Gasteiger partial charge is 0.391 e. The Morgan fingerprint density at radius 1 is 1.39 bits per heavy atom. The molecule has 3 nitrogen and oxygen atoms in total. The van der Waals surface area contributed by atoms with Crippen molar-refractivity contribution < 1.29 is 9.90 Å². The summed E-state index contributed by atoms with van der Waals surface area (Å²) in [5.41, 5.74) is 1.48. The first-order chi connectivity index (χ1) is 8.58. The van der Waals surface area contributed by atoms with Crippen molar-refractivity contribution in [3.05, 3.63) is 34.3 Å². The third-order valence-electron chi connectivity index (χ3n) is 3.47. The lowest BCUT2D eigenvalue weighted by molar-refractivity contribution is 0.0717. The summed E-state index contributed by atoms with van der Waals surface area (Å²) >= 11 is 5.93. The number of carbonyl (C=O) groups is 1. The van der Waals surface area contributed by atoms with Crippen molar-refractivity contribution in [2.45, 2.75) is 44.8 Å². The molecule has 1 aliphatic carbocycles. The van der Waals surface area contributed by atoms with Gasteiger partial charge in [-0.3, -0.25) is 4.79 Å². The molecule has 1 aromatic rings. The fraction of sp³-hybridized carbons (Fsp3) is 0.500. The SMILES string of the molecule is Cc1cc(C(=O)N[C@@H]2CCCC[C@H]2O)ccc1Cl. The Labute approximate surface area is 112 Å². The van der Waals surface area contributed by atoms with Crippen molar-refractivity contribution >= 4 is 17.5 Å². The number of aliphatic hydroxyl groups excluding tert-OH is 1. The van der Waals surface area contributed by atoms with E-state index in [0.29, 0.717) is 10.6 Å². The van der Waals surface area contributed by atoms with E-state index in [1.807, 2.05) is 6.92 Å². The van der Waals surface area contributed by atoms with E-state index in [-0.39, 0.29) is 11.9 Å². The average Bonchev–Trinajstić information content (AvgIpc) is 2.35. The molecular weight excluding hydrogens is 250 g/mol. The van der Waals surface area contributed by atoms with Crippen molar-refractivity contribution in [3.8, 4) is 0 Å². The Kier molecular flexibility index (Phi) is 4.25. The molecular formula is C14H18ClNO2. The van der Waals surface area contributed by atoms with Gasteiger partial charge in [-0.15, -0.1) is 0 Å². The zero-order chi connectivity index (χ0) is 13.1. The predicted octanol–water partition coefficient (Wildman–Crippen LogP) is 2.68. The van der Waals surface area contributed by atoms with E-state index >= 15 is 0 Å². The van der Waals surface area contributed by atoms with E-state index < -0.39 is 6.10 Å². The van der Waals surface area contributed by atoms with Gasteiger partial charge in [-0.05, 0) is 43.5 Å². The number of carbonyl (C=O) groups excluding carboxylic acids is 1. The van der Waals surface area contributed by atoms with Gasteiger partial charge in [0, 0.05) is 10.6 Å². The summed E-state index contributed by atoms with van der Waals surface area (Å²) in [4.78, 5) is 12.1. The first-order valence-electron chi connectivity index (χ1n) is 6.33. The number of aryl methyl sites for hydroxylation is 1. The summed E-state index contributed by atoms with van der Waals surface area (Å²) in [5, 5.41) is 13.4. The van der Waals surface area contributed by atoms with Crippen LogP contribution in [0.1, 0.15) is 41.6 Å². The van der Waals surface area contributed by atoms with Crippen molar-refractivity contribution in [2.75, 3.05) is 0 Å². The Hall–Kier alpha value is -1.06. The van der Waals surface area contributed by atoms with Crippen LogP contribution in [0.4, 0.5) is 0 Å². The Morgan fingerprint density at radius 3 is 2.78 bits per heavy atom. The number of aliphatic hydroxyl groups is 1. The minimum atomic E-state index is -0.420. The second-order valence-corrected chi connectivity index (χ2v) is 5.30. The average molecular weight is 268 g/mol. The number of hydrogen-bond donors (Lipinski definition) is 2. The van der Waals surface area contributed by atoms with E-state index in [2.05, 4.69) is 5.32 Å². The van der Waals surface area contributed by atoms with Crippen LogP contribution in [0.25, 0.3) is 0 Å². The summed E-state index contributed by atoms with van der Waals surface area (Å²) in [6.45, 7) is 1.87. The molecule has 1 saturated carbocycles. The molecule has 4 heteroatoms. The standard InChI is InChI=1S/C14H18ClNO2/c1-9-8-10(6-7-11(9)15)14(18)16-12-4-2-3-5-13(12)17/h6-8,12-13,17H,2-5H2,1H3,(H,16,18)/t12-,13-/m1/s1. The molecule has 0 radical (unpaired) electrons. The van der Waals surface area contributed by atoms with E-state index in [0.717, 1.165) is 31.2 Å². The molecule has 2 N–H and O–H groups in total. The molecule has 1 aromatic carbocycles. The van der Waals surface area contributed by atoms with Crippen LogP contribution in [0.2, 0.25) is 5.02 Å². The molecule has 18 heavy (non-hydrogen) atoms. The minimum Gasteiger partial charge on any atom is -0.391 e. The number of amides is 1. The highest BCUT2D eigenvalue weighted by Crippen LogP contribution is 2.20. The van der Waals surface area contributed by atoms with Gasteiger partial charge < -0.3 is 10.4 Å². The van der Waals surface area contributed by atoms with Crippen molar-refractivity contribution in [3.63, 3.8) is 0 Å². The van der Waals surface area contributed by atoms with Crippen molar-refractivity contribution in [1.29, 1.82) is 0 Å². The highest BCUT2D eigenvalue weighted by molar-refractivity contribution is 6.31. The smallest absolute Gasteiger partial charge is 0.251 e. The first kappa shape index (κ1) is 13.4. The van der Waals surface area contributed by atoms with Crippen LogP contribution >= 0.6 is 11.6 Å². The summed E-state index contributed by atoms with van der Waals surface area (Å²) in [6.07, 6.45) is 3.29. The molecule has 2 atom stereocenters. The van der Waals surface area contributed by atoms with Gasteiger partial charge in [0.1, 0.15) is 0 Å². The summed E-state index contributed by atoms with van der Waals surface area (Å²) < 4.78 is 0. The molecule has 0 aliphatic heterocycles. The molecule has 98 valence electrons. The fourth-order valence-corrected chi connectivity index (χ4v) is 2.43. The number of hydrogen-bond acceptors (Lipinski definition) is 2. The van der Waals surface area contributed by atoms with Gasteiger partial charge in [0.25, 0.3) is 5.91 Å². The van der Waals surface area contributed by atoms with Gasteiger partial charge in [0.15, 0.2) is 0 Å². The molecule has 1 aliphatic rings. The van der Waals surface area contributed by atoms with Crippen molar-refractivity contribution in [2.24, 2.45) is 0 Å². The lowest BCUT2D eigenvalue weighted by atomic mass is 9.92. The highest BCUT2D eigenvalue weighted by Gasteiger charge is 2.24. The first-order valence-corrected chi connectivity index (χ1v) is 6.71. The van der Waals surface area contributed by atoms with Gasteiger partial charge in [-0.2, -0.15) is 0 Å². The van der Waals surface area contributed by atoms with E-state index in [1.54, 1.807) is 18.2 Å². The molecule has 0 bridgehead atoms. The number of rotatable bonds is 2. The van der Waals surface area contributed by atoms with Gasteiger partial charge in [-0.1, -0.05) is 24.4 Å². The third-order valence-corrected chi connectivity index (χ3v) is 3.89. The zero-order valence-corrected chi connectivity index (χ0v) is 11.2. The summed E-state index contributed by atoms with van der Waals surface area (Å²) in [6, 6.07) is 5.08. The highest BCUT2D eigenvalue weighted by atomic mass is 35.5. The van der Waals surface area contributed by atoms with Crippen LogP contribution in [0, 0.1) is 6.92 Å². The summed E-state index contributed by atoms with van der Waals surface area (Å²) in [7, 11) is 0. The normalized spacial score (nSPS) is 23.7. The molecule has 0 spiro atoms.